The maximum Gasteiger partial charge on any atom is 0.337 e. The molecular weight excluding hydrogens is 308 g/mol. The van der Waals surface area contributed by atoms with Crippen LogP contribution in [0, 0.1) is 0 Å². The zero-order valence-electron chi connectivity index (χ0n) is 12.6. The number of nitrogens with one attached hydrogen (secondary N) is 2. The summed E-state index contributed by atoms with van der Waals surface area (Å²) in [6, 6.07) is 6.53. The van der Waals surface area contributed by atoms with E-state index >= 15 is 0 Å². The Bertz CT molecular complexity index is 501. The number of carbonyl (C=O) groups is 2. The predicted molar refractivity (Wildman–Crippen MR) is 84.2 cm³/mol. The first kappa shape index (κ1) is 18.4. The molecule has 0 bridgehead atoms. The second-order valence-electron chi connectivity index (χ2n) is 4.93. The van der Waals surface area contributed by atoms with E-state index in [1.54, 1.807) is 12.1 Å². The van der Waals surface area contributed by atoms with E-state index in [-0.39, 0.29) is 36.4 Å². The number of carbonyl (C=O) groups excluding carboxylic acids is 2. The van der Waals surface area contributed by atoms with Crippen LogP contribution >= 0.6 is 12.4 Å². The average molecular weight is 329 g/mol. The lowest BCUT2D eigenvalue weighted by Crippen LogP contribution is -2.51. The van der Waals surface area contributed by atoms with Gasteiger partial charge in [0, 0.05) is 6.54 Å². The highest BCUT2D eigenvalue weighted by Crippen LogP contribution is 2.14. The van der Waals surface area contributed by atoms with E-state index in [1.807, 2.05) is 19.1 Å². The molecule has 22 heavy (non-hydrogen) atoms. The minimum Gasteiger partial charge on any atom is -0.465 e. The first-order valence-corrected chi connectivity index (χ1v) is 6.91. The minimum absolute atomic E-state index is 0. The molecule has 2 atom stereocenters. The third-order valence-electron chi connectivity index (χ3n) is 3.43. The largest absolute Gasteiger partial charge is 0.465 e. The minimum atomic E-state index is -0.373. The summed E-state index contributed by atoms with van der Waals surface area (Å²) >= 11 is 0. The van der Waals surface area contributed by atoms with Crippen molar-refractivity contribution in [3.8, 4) is 0 Å². The van der Waals surface area contributed by atoms with Gasteiger partial charge in [-0.05, 0) is 24.6 Å². The Morgan fingerprint density at radius 3 is 2.59 bits per heavy atom. The van der Waals surface area contributed by atoms with E-state index in [0.29, 0.717) is 25.3 Å². The zero-order chi connectivity index (χ0) is 15.2. The van der Waals surface area contributed by atoms with Crippen LogP contribution in [0.2, 0.25) is 0 Å². The Balaban J connectivity index is 0.00000242. The summed E-state index contributed by atoms with van der Waals surface area (Å²) in [6.45, 7) is 3.60. The number of hydrogen-bond donors (Lipinski definition) is 2. The summed E-state index contributed by atoms with van der Waals surface area (Å²) in [5.74, 6) is -0.457. The molecule has 1 fully saturated rings. The van der Waals surface area contributed by atoms with Gasteiger partial charge in [-0.2, -0.15) is 0 Å². The molecule has 2 rings (SSSR count). The van der Waals surface area contributed by atoms with Crippen molar-refractivity contribution in [2.24, 2.45) is 0 Å². The highest BCUT2D eigenvalue weighted by Gasteiger charge is 2.22. The molecule has 0 radical (unpaired) electrons. The molecule has 0 saturated carbocycles. The van der Waals surface area contributed by atoms with Gasteiger partial charge in [0.05, 0.1) is 31.9 Å². The molecule has 1 aromatic rings. The molecule has 0 spiro atoms. The van der Waals surface area contributed by atoms with Crippen molar-refractivity contribution >= 4 is 24.3 Å². The SMILES string of the molecule is COC(=O)c1ccc([C@H](C)NC(=O)[C@@H]2COCCN2)cc1.Cl. The molecule has 1 aliphatic heterocycles. The lowest BCUT2D eigenvalue weighted by atomic mass is 10.1. The van der Waals surface area contributed by atoms with Gasteiger partial charge in [0.15, 0.2) is 0 Å². The van der Waals surface area contributed by atoms with Crippen molar-refractivity contribution in [1.82, 2.24) is 10.6 Å². The highest BCUT2D eigenvalue weighted by atomic mass is 35.5. The van der Waals surface area contributed by atoms with Gasteiger partial charge in [0.2, 0.25) is 5.91 Å². The normalized spacial score (nSPS) is 18.7. The van der Waals surface area contributed by atoms with Crippen LogP contribution in [0.5, 0.6) is 0 Å². The smallest absolute Gasteiger partial charge is 0.337 e. The van der Waals surface area contributed by atoms with Gasteiger partial charge in [-0.25, -0.2) is 4.79 Å². The lowest BCUT2D eigenvalue weighted by Gasteiger charge is -2.25. The van der Waals surface area contributed by atoms with Gasteiger partial charge < -0.3 is 20.1 Å². The van der Waals surface area contributed by atoms with Gasteiger partial charge in [-0.1, -0.05) is 12.1 Å². The Hall–Kier alpha value is -1.63. The number of hydrogen-bond acceptors (Lipinski definition) is 5. The van der Waals surface area contributed by atoms with E-state index in [0.717, 1.165) is 5.56 Å². The van der Waals surface area contributed by atoms with Crippen LogP contribution in [0.25, 0.3) is 0 Å². The molecule has 1 heterocycles. The average Bonchev–Trinajstić information content (AvgIpc) is 2.55. The van der Waals surface area contributed by atoms with Gasteiger partial charge in [-0.3, -0.25) is 4.79 Å². The number of ether oxygens (including phenoxy) is 2. The molecule has 1 saturated heterocycles. The summed E-state index contributed by atoms with van der Waals surface area (Å²) in [6.07, 6.45) is 0. The van der Waals surface area contributed by atoms with Crippen LogP contribution < -0.4 is 10.6 Å². The van der Waals surface area contributed by atoms with Crippen molar-refractivity contribution in [3.63, 3.8) is 0 Å². The van der Waals surface area contributed by atoms with Crippen LogP contribution in [0.1, 0.15) is 28.9 Å². The Kier molecular flexibility index (Phi) is 7.31. The predicted octanol–water partition coefficient (Wildman–Crippen LogP) is 1.06. The molecular formula is C15H21ClN2O4. The summed E-state index contributed by atoms with van der Waals surface area (Å²) in [4.78, 5) is 23.4. The molecule has 1 amide bonds. The number of halogens is 1. The standard InChI is InChI=1S/C15H20N2O4.ClH/c1-10(17-14(18)13-9-21-8-7-16-13)11-3-5-12(6-4-11)15(19)20-2;/h3-6,10,13,16H,7-9H2,1-2H3,(H,17,18);1H/t10-,13-;/m0./s1. The summed E-state index contributed by atoms with van der Waals surface area (Å²) in [5, 5.41) is 6.04. The van der Waals surface area contributed by atoms with Crippen LogP contribution in [-0.4, -0.2) is 44.8 Å². The number of morpholine rings is 1. The van der Waals surface area contributed by atoms with Gasteiger partial charge >= 0.3 is 5.97 Å². The van der Waals surface area contributed by atoms with E-state index in [2.05, 4.69) is 15.4 Å². The molecule has 0 aliphatic carbocycles. The first-order valence-electron chi connectivity index (χ1n) is 6.91. The van der Waals surface area contributed by atoms with Gasteiger partial charge in [0.1, 0.15) is 6.04 Å². The maximum absolute atomic E-state index is 12.1. The van der Waals surface area contributed by atoms with Crippen LogP contribution in [0.4, 0.5) is 0 Å². The number of methoxy groups -OCH3 is 1. The fourth-order valence-electron chi connectivity index (χ4n) is 2.16. The number of rotatable bonds is 4. The van der Waals surface area contributed by atoms with Crippen LogP contribution in [0.15, 0.2) is 24.3 Å². The van der Waals surface area contributed by atoms with Crippen molar-refractivity contribution in [2.45, 2.75) is 19.0 Å². The van der Waals surface area contributed by atoms with Crippen molar-refractivity contribution in [2.75, 3.05) is 26.9 Å². The van der Waals surface area contributed by atoms with Crippen molar-refractivity contribution in [3.05, 3.63) is 35.4 Å². The molecule has 2 N–H and O–H groups in total. The Morgan fingerprint density at radius 2 is 2.05 bits per heavy atom. The second kappa shape index (κ2) is 8.73. The molecule has 1 aromatic carbocycles. The third kappa shape index (κ3) is 4.69. The van der Waals surface area contributed by atoms with E-state index in [9.17, 15) is 9.59 Å². The Morgan fingerprint density at radius 1 is 1.36 bits per heavy atom. The molecule has 1 aliphatic rings. The first-order chi connectivity index (χ1) is 10.1. The van der Waals surface area contributed by atoms with Crippen LogP contribution in [-0.2, 0) is 14.3 Å². The lowest BCUT2D eigenvalue weighted by molar-refractivity contribution is -0.126. The summed E-state index contributed by atoms with van der Waals surface area (Å²) in [7, 11) is 1.35. The number of benzene rings is 1. The fraction of sp³-hybridized carbons (Fsp3) is 0.467. The fourth-order valence-corrected chi connectivity index (χ4v) is 2.16. The van der Waals surface area contributed by atoms with Crippen molar-refractivity contribution in [1.29, 1.82) is 0 Å². The van der Waals surface area contributed by atoms with Crippen molar-refractivity contribution < 1.29 is 19.1 Å². The molecule has 6 nitrogen and oxygen atoms in total. The van der Waals surface area contributed by atoms with Gasteiger partial charge in [-0.15, -0.1) is 12.4 Å². The summed E-state index contributed by atoms with van der Waals surface area (Å²) in [5.41, 5.74) is 1.41. The third-order valence-corrected chi connectivity index (χ3v) is 3.43. The topological polar surface area (TPSA) is 76.7 Å². The zero-order valence-corrected chi connectivity index (χ0v) is 13.4. The molecule has 0 unspecified atom stereocenters. The number of esters is 1. The van der Waals surface area contributed by atoms with E-state index < -0.39 is 0 Å². The van der Waals surface area contributed by atoms with Crippen LogP contribution in [0.3, 0.4) is 0 Å². The maximum atomic E-state index is 12.1. The monoisotopic (exact) mass is 328 g/mol. The van der Waals surface area contributed by atoms with Gasteiger partial charge in [0.25, 0.3) is 0 Å². The molecule has 0 aromatic heterocycles. The molecule has 7 heteroatoms. The molecule has 122 valence electrons. The van der Waals surface area contributed by atoms with E-state index in [1.165, 1.54) is 7.11 Å². The van der Waals surface area contributed by atoms with E-state index in [4.69, 9.17) is 4.74 Å². The summed E-state index contributed by atoms with van der Waals surface area (Å²) < 4.78 is 9.92. The second-order valence-corrected chi connectivity index (χ2v) is 4.93. The highest BCUT2D eigenvalue weighted by molar-refractivity contribution is 5.89. The quantitative estimate of drug-likeness (QED) is 0.808. The number of amides is 1. The Labute approximate surface area is 136 Å².